The Morgan fingerprint density at radius 1 is 1.29 bits per heavy atom. The van der Waals surface area contributed by atoms with E-state index < -0.39 is 10.0 Å². The molecule has 0 saturated carbocycles. The van der Waals surface area contributed by atoms with Gasteiger partial charge < -0.3 is 5.73 Å². The SMILES string of the molecule is NC1CCCN(S(=O)(=O)c2ccc(I)cc2)C1. The maximum absolute atomic E-state index is 12.3. The molecular formula is C11H15IN2O2S. The van der Waals surface area contributed by atoms with E-state index in [1.165, 1.54) is 4.31 Å². The number of rotatable bonds is 2. The van der Waals surface area contributed by atoms with Gasteiger partial charge in [-0.3, -0.25) is 0 Å². The van der Waals surface area contributed by atoms with Crippen molar-refractivity contribution in [2.24, 2.45) is 5.73 Å². The third kappa shape index (κ3) is 2.98. The topological polar surface area (TPSA) is 63.4 Å². The first-order valence-electron chi connectivity index (χ1n) is 5.51. The molecule has 1 fully saturated rings. The van der Waals surface area contributed by atoms with Crippen LogP contribution in [0.25, 0.3) is 0 Å². The summed E-state index contributed by atoms with van der Waals surface area (Å²) in [5.41, 5.74) is 5.82. The second-order valence-corrected chi connectivity index (χ2v) is 7.40. The summed E-state index contributed by atoms with van der Waals surface area (Å²) in [6.07, 6.45) is 1.74. The zero-order valence-corrected chi connectivity index (χ0v) is 12.3. The smallest absolute Gasteiger partial charge is 0.243 e. The predicted molar refractivity (Wildman–Crippen MR) is 75.1 cm³/mol. The van der Waals surface area contributed by atoms with Gasteiger partial charge in [-0.25, -0.2) is 8.42 Å². The molecule has 1 unspecified atom stereocenters. The van der Waals surface area contributed by atoms with E-state index in [-0.39, 0.29) is 6.04 Å². The van der Waals surface area contributed by atoms with Gasteiger partial charge in [-0.1, -0.05) is 0 Å². The van der Waals surface area contributed by atoms with Crippen molar-refractivity contribution in [3.8, 4) is 0 Å². The Labute approximate surface area is 115 Å². The third-order valence-electron chi connectivity index (χ3n) is 2.87. The molecule has 0 aromatic heterocycles. The highest BCUT2D eigenvalue weighted by molar-refractivity contribution is 14.1. The minimum absolute atomic E-state index is 0.0395. The van der Waals surface area contributed by atoms with Crippen molar-refractivity contribution in [1.82, 2.24) is 4.31 Å². The van der Waals surface area contributed by atoms with E-state index in [1.54, 1.807) is 24.3 Å². The van der Waals surface area contributed by atoms with E-state index in [0.717, 1.165) is 16.4 Å². The fourth-order valence-corrected chi connectivity index (χ4v) is 3.84. The average molecular weight is 366 g/mol. The summed E-state index contributed by atoms with van der Waals surface area (Å²) in [6, 6.07) is 6.87. The van der Waals surface area contributed by atoms with Gasteiger partial charge in [0.1, 0.15) is 0 Å². The minimum Gasteiger partial charge on any atom is -0.327 e. The summed E-state index contributed by atoms with van der Waals surface area (Å²) in [5.74, 6) is 0. The van der Waals surface area contributed by atoms with E-state index >= 15 is 0 Å². The van der Waals surface area contributed by atoms with E-state index in [0.29, 0.717) is 18.0 Å². The third-order valence-corrected chi connectivity index (χ3v) is 5.47. The molecule has 1 aliphatic heterocycles. The first kappa shape index (κ1) is 13.3. The minimum atomic E-state index is -3.36. The highest BCUT2D eigenvalue weighted by atomic mass is 127. The lowest BCUT2D eigenvalue weighted by atomic mass is 10.1. The van der Waals surface area contributed by atoms with Crippen molar-refractivity contribution in [1.29, 1.82) is 0 Å². The number of hydrogen-bond acceptors (Lipinski definition) is 3. The number of piperidine rings is 1. The second-order valence-electron chi connectivity index (χ2n) is 4.22. The van der Waals surface area contributed by atoms with Crippen molar-refractivity contribution < 1.29 is 8.42 Å². The van der Waals surface area contributed by atoms with Gasteiger partial charge in [0.25, 0.3) is 0 Å². The summed E-state index contributed by atoms with van der Waals surface area (Å²) in [5, 5.41) is 0. The van der Waals surface area contributed by atoms with Crippen LogP contribution in [0.2, 0.25) is 0 Å². The highest BCUT2D eigenvalue weighted by Gasteiger charge is 2.28. The Morgan fingerprint density at radius 2 is 1.94 bits per heavy atom. The molecule has 94 valence electrons. The molecule has 2 rings (SSSR count). The van der Waals surface area contributed by atoms with Crippen LogP contribution in [0.5, 0.6) is 0 Å². The molecule has 2 N–H and O–H groups in total. The van der Waals surface area contributed by atoms with Crippen LogP contribution in [0.3, 0.4) is 0 Å². The van der Waals surface area contributed by atoms with Crippen LogP contribution in [0.4, 0.5) is 0 Å². The van der Waals surface area contributed by atoms with Crippen molar-refractivity contribution in [2.45, 2.75) is 23.8 Å². The normalized spacial score (nSPS) is 22.6. The average Bonchev–Trinajstić information content (AvgIpc) is 2.29. The molecule has 1 atom stereocenters. The molecule has 1 aromatic rings. The fraction of sp³-hybridized carbons (Fsp3) is 0.455. The molecule has 0 radical (unpaired) electrons. The first-order chi connectivity index (χ1) is 8.00. The van der Waals surface area contributed by atoms with Gasteiger partial charge in [0.15, 0.2) is 0 Å². The monoisotopic (exact) mass is 366 g/mol. The molecule has 0 bridgehead atoms. The Bertz CT molecular complexity index is 487. The molecule has 1 saturated heterocycles. The van der Waals surface area contributed by atoms with Gasteiger partial charge in [0.05, 0.1) is 4.90 Å². The largest absolute Gasteiger partial charge is 0.327 e. The van der Waals surface area contributed by atoms with Gasteiger partial charge in [-0.15, -0.1) is 0 Å². The van der Waals surface area contributed by atoms with Crippen LogP contribution in [0.1, 0.15) is 12.8 Å². The number of sulfonamides is 1. The van der Waals surface area contributed by atoms with Crippen LogP contribution in [-0.2, 0) is 10.0 Å². The summed E-state index contributed by atoms with van der Waals surface area (Å²) in [6.45, 7) is 0.996. The van der Waals surface area contributed by atoms with Gasteiger partial charge >= 0.3 is 0 Å². The lowest BCUT2D eigenvalue weighted by molar-refractivity contribution is 0.316. The molecule has 6 heteroatoms. The lowest BCUT2D eigenvalue weighted by Gasteiger charge is -2.29. The zero-order valence-electron chi connectivity index (χ0n) is 9.34. The Hall–Kier alpha value is -0.180. The van der Waals surface area contributed by atoms with Crippen molar-refractivity contribution in [2.75, 3.05) is 13.1 Å². The molecule has 0 spiro atoms. The number of hydrogen-bond donors (Lipinski definition) is 1. The van der Waals surface area contributed by atoms with E-state index in [4.69, 9.17) is 5.73 Å². The molecule has 1 aromatic carbocycles. The van der Waals surface area contributed by atoms with Gasteiger partial charge in [0.2, 0.25) is 10.0 Å². The maximum atomic E-state index is 12.3. The van der Waals surface area contributed by atoms with Crippen molar-refractivity contribution in [3.63, 3.8) is 0 Å². The van der Waals surface area contributed by atoms with Gasteiger partial charge in [-0.05, 0) is 59.7 Å². The highest BCUT2D eigenvalue weighted by Crippen LogP contribution is 2.20. The van der Waals surface area contributed by atoms with Gasteiger partial charge in [0, 0.05) is 22.7 Å². The van der Waals surface area contributed by atoms with Crippen LogP contribution in [0, 0.1) is 3.57 Å². The summed E-state index contributed by atoms with van der Waals surface area (Å²) in [7, 11) is -3.36. The van der Waals surface area contributed by atoms with E-state index in [2.05, 4.69) is 22.6 Å². The Balaban J connectivity index is 2.26. The van der Waals surface area contributed by atoms with Crippen LogP contribution >= 0.6 is 22.6 Å². The zero-order chi connectivity index (χ0) is 12.5. The molecule has 0 amide bonds. The van der Waals surface area contributed by atoms with Crippen molar-refractivity contribution in [3.05, 3.63) is 27.8 Å². The number of benzene rings is 1. The predicted octanol–water partition coefficient (Wildman–Crippen LogP) is 1.40. The van der Waals surface area contributed by atoms with E-state index in [9.17, 15) is 8.42 Å². The van der Waals surface area contributed by atoms with Gasteiger partial charge in [-0.2, -0.15) is 4.31 Å². The molecule has 4 nitrogen and oxygen atoms in total. The van der Waals surface area contributed by atoms with E-state index in [1.807, 2.05) is 0 Å². The van der Waals surface area contributed by atoms with Crippen LogP contribution in [0.15, 0.2) is 29.2 Å². The number of halogens is 1. The lowest BCUT2D eigenvalue weighted by Crippen LogP contribution is -2.45. The second kappa shape index (κ2) is 5.21. The summed E-state index contributed by atoms with van der Waals surface area (Å²) >= 11 is 2.15. The Morgan fingerprint density at radius 3 is 2.53 bits per heavy atom. The molecular weight excluding hydrogens is 351 g/mol. The summed E-state index contributed by atoms with van der Waals surface area (Å²) in [4.78, 5) is 0.354. The molecule has 1 heterocycles. The van der Waals surface area contributed by atoms with Crippen LogP contribution in [-0.4, -0.2) is 31.9 Å². The maximum Gasteiger partial charge on any atom is 0.243 e. The first-order valence-corrected chi connectivity index (χ1v) is 8.03. The Kier molecular flexibility index (Phi) is 4.06. The molecule has 17 heavy (non-hydrogen) atoms. The number of nitrogens with zero attached hydrogens (tertiary/aromatic N) is 1. The van der Waals surface area contributed by atoms with Crippen molar-refractivity contribution >= 4 is 32.6 Å². The summed E-state index contributed by atoms with van der Waals surface area (Å²) < 4.78 is 27.1. The quantitative estimate of drug-likeness (QED) is 0.805. The van der Waals surface area contributed by atoms with Crippen LogP contribution < -0.4 is 5.73 Å². The number of nitrogens with two attached hydrogens (primary N) is 1. The molecule has 0 aliphatic carbocycles. The fourth-order valence-electron chi connectivity index (χ4n) is 1.95. The standard InChI is InChI=1S/C11H15IN2O2S/c12-9-3-5-11(6-4-9)17(15,16)14-7-1-2-10(13)8-14/h3-6,10H,1-2,7-8,13H2. The molecule has 1 aliphatic rings.